The predicted molar refractivity (Wildman–Crippen MR) is 128 cm³/mol. The summed E-state index contributed by atoms with van der Waals surface area (Å²) in [5.74, 6) is 0.980. The molecule has 0 saturated carbocycles. The largest absolute Gasteiger partial charge is 0.495 e. The molecular weight excluding hydrogens is 442 g/mol. The molecule has 0 amide bonds. The van der Waals surface area contributed by atoms with Crippen molar-refractivity contribution < 1.29 is 23.2 Å². The number of nitrogens with zero attached hydrogens (tertiary/aromatic N) is 1. The van der Waals surface area contributed by atoms with Crippen LogP contribution < -0.4 is 19.5 Å². The lowest BCUT2D eigenvalue weighted by atomic mass is 9.96. The quantitative estimate of drug-likeness (QED) is 0.357. The molecule has 0 atom stereocenters. The zero-order valence-electron chi connectivity index (χ0n) is 19.0. The van der Waals surface area contributed by atoms with Crippen LogP contribution in [0.3, 0.4) is 0 Å². The number of hydrogen-bond donors (Lipinski definition) is 0. The lowest BCUT2D eigenvalue weighted by Crippen LogP contribution is -2.34. The first kappa shape index (κ1) is 22.8. The summed E-state index contributed by atoms with van der Waals surface area (Å²) in [6.45, 7) is 3.34. The van der Waals surface area contributed by atoms with Crippen LogP contribution in [0.5, 0.6) is 11.5 Å². The maximum Gasteiger partial charge on any atom is 0.235 e. The molecule has 0 bridgehead atoms. The number of benzene rings is 2. The molecule has 0 N–H and O–H groups in total. The normalized spacial score (nSPS) is 11.1. The van der Waals surface area contributed by atoms with E-state index in [4.69, 9.17) is 30.2 Å². The van der Waals surface area contributed by atoms with Crippen molar-refractivity contribution in [2.45, 2.75) is 13.5 Å². The minimum absolute atomic E-state index is 0.127. The molecule has 2 heterocycles. The van der Waals surface area contributed by atoms with Gasteiger partial charge in [-0.05, 0) is 42.3 Å². The van der Waals surface area contributed by atoms with Gasteiger partial charge >= 0.3 is 0 Å². The first-order valence-corrected chi connectivity index (χ1v) is 10.8. The van der Waals surface area contributed by atoms with Gasteiger partial charge in [-0.25, -0.2) is 4.57 Å². The summed E-state index contributed by atoms with van der Waals surface area (Å²) in [5.41, 5.74) is 3.55. The van der Waals surface area contributed by atoms with Gasteiger partial charge in [0.05, 0.1) is 24.6 Å². The van der Waals surface area contributed by atoms with Crippen LogP contribution in [0.4, 0.5) is 0 Å². The van der Waals surface area contributed by atoms with E-state index >= 15 is 0 Å². The Kier molecular flexibility index (Phi) is 6.67. The Labute approximate surface area is 196 Å². The number of aryl methyl sites for hydroxylation is 1. The van der Waals surface area contributed by atoms with E-state index in [0.717, 1.165) is 23.2 Å². The first-order chi connectivity index (χ1) is 16.0. The number of rotatable bonds is 7. The van der Waals surface area contributed by atoms with Crippen LogP contribution in [0.25, 0.3) is 33.4 Å². The fourth-order valence-corrected chi connectivity index (χ4v) is 4.15. The molecule has 2 aromatic heterocycles. The predicted octanol–water partition coefficient (Wildman–Crippen LogP) is 5.04. The summed E-state index contributed by atoms with van der Waals surface area (Å²) in [6, 6.07) is 12.9. The van der Waals surface area contributed by atoms with E-state index in [-0.39, 0.29) is 11.2 Å². The lowest BCUT2D eigenvalue weighted by Gasteiger charge is -2.14. The molecule has 0 fully saturated rings. The molecule has 6 nitrogen and oxygen atoms in total. The fraction of sp³-hybridized carbons (Fsp3) is 0.231. The van der Waals surface area contributed by atoms with Crippen LogP contribution in [-0.4, -0.2) is 27.9 Å². The number of aromatic nitrogens is 1. The minimum Gasteiger partial charge on any atom is -0.495 e. The number of pyridine rings is 1. The van der Waals surface area contributed by atoms with Gasteiger partial charge in [0.2, 0.25) is 11.2 Å². The number of hydrogen-bond acceptors (Lipinski definition) is 5. The van der Waals surface area contributed by atoms with E-state index in [2.05, 4.69) is 0 Å². The van der Waals surface area contributed by atoms with Gasteiger partial charge in [0.15, 0.2) is 24.7 Å². The molecule has 33 heavy (non-hydrogen) atoms. The van der Waals surface area contributed by atoms with E-state index in [1.165, 1.54) is 7.11 Å². The van der Waals surface area contributed by atoms with Crippen molar-refractivity contribution in [3.8, 4) is 33.9 Å². The van der Waals surface area contributed by atoms with Crippen molar-refractivity contribution in [3.05, 3.63) is 75.7 Å². The van der Waals surface area contributed by atoms with Crippen LogP contribution in [0.1, 0.15) is 5.56 Å². The molecule has 4 aromatic rings. The van der Waals surface area contributed by atoms with Gasteiger partial charge in [-0.3, -0.25) is 4.79 Å². The molecule has 4 rings (SSSR count). The molecule has 2 aromatic carbocycles. The second-order valence-electron chi connectivity index (χ2n) is 7.59. The number of methoxy groups -OCH3 is 3. The second kappa shape index (κ2) is 9.65. The molecule has 0 aliphatic heterocycles. The van der Waals surface area contributed by atoms with Gasteiger partial charge in [0, 0.05) is 30.4 Å². The van der Waals surface area contributed by atoms with E-state index in [1.54, 1.807) is 32.4 Å². The third-order valence-electron chi connectivity index (χ3n) is 5.58. The molecule has 0 radical (unpaired) electrons. The van der Waals surface area contributed by atoms with Crippen molar-refractivity contribution in [2.24, 2.45) is 0 Å². The third-order valence-corrected chi connectivity index (χ3v) is 5.87. The van der Waals surface area contributed by atoms with E-state index in [1.807, 2.05) is 48.1 Å². The van der Waals surface area contributed by atoms with Crippen molar-refractivity contribution in [1.82, 2.24) is 0 Å². The van der Waals surface area contributed by atoms with Gasteiger partial charge < -0.3 is 18.6 Å². The number of ether oxygens (including phenoxy) is 3. The van der Waals surface area contributed by atoms with Gasteiger partial charge in [0.1, 0.15) is 17.9 Å². The minimum atomic E-state index is -0.240. The average molecular weight is 467 g/mol. The van der Waals surface area contributed by atoms with Crippen LogP contribution in [0.15, 0.2) is 64.1 Å². The molecular formula is C26H25ClNO5+. The SMILES string of the molecule is COCC[n+]1ccc(-c2c(C)ccc3oc(-c4ccc(OC)c(Cl)c4)c(OC)c(=O)c23)cc1. The summed E-state index contributed by atoms with van der Waals surface area (Å²) >= 11 is 6.31. The van der Waals surface area contributed by atoms with Gasteiger partial charge in [-0.2, -0.15) is 0 Å². The van der Waals surface area contributed by atoms with Crippen LogP contribution in [0.2, 0.25) is 5.02 Å². The Morgan fingerprint density at radius 3 is 2.36 bits per heavy atom. The monoisotopic (exact) mass is 466 g/mol. The van der Waals surface area contributed by atoms with E-state index in [0.29, 0.717) is 39.7 Å². The Balaban J connectivity index is 1.92. The van der Waals surface area contributed by atoms with Crippen molar-refractivity contribution in [2.75, 3.05) is 27.9 Å². The second-order valence-corrected chi connectivity index (χ2v) is 8.00. The number of halogens is 1. The average Bonchev–Trinajstić information content (AvgIpc) is 2.83. The Hall–Kier alpha value is -3.35. The smallest absolute Gasteiger partial charge is 0.235 e. The Morgan fingerprint density at radius 2 is 1.73 bits per heavy atom. The van der Waals surface area contributed by atoms with Crippen LogP contribution in [-0.2, 0) is 11.3 Å². The van der Waals surface area contributed by atoms with Gasteiger partial charge in [-0.15, -0.1) is 0 Å². The molecule has 0 aliphatic carbocycles. The van der Waals surface area contributed by atoms with Crippen LogP contribution in [0, 0.1) is 6.92 Å². The molecule has 0 aliphatic rings. The topological polar surface area (TPSA) is 61.8 Å². The Morgan fingerprint density at radius 1 is 0.970 bits per heavy atom. The summed E-state index contributed by atoms with van der Waals surface area (Å²) in [5, 5.41) is 0.889. The maximum absolute atomic E-state index is 13.7. The highest BCUT2D eigenvalue weighted by Gasteiger charge is 2.22. The van der Waals surface area contributed by atoms with Gasteiger partial charge in [-0.1, -0.05) is 17.7 Å². The highest BCUT2D eigenvalue weighted by molar-refractivity contribution is 6.32. The molecule has 0 spiro atoms. The van der Waals surface area contributed by atoms with Crippen LogP contribution >= 0.6 is 11.6 Å². The summed E-state index contributed by atoms with van der Waals surface area (Å²) in [6.07, 6.45) is 3.94. The Bertz CT molecular complexity index is 1360. The van der Waals surface area contributed by atoms with Crippen molar-refractivity contribution in [3.63, 3.8) is 0 Å². The first-order valence-electron chi connectivity index (χ1n) is 10.4. The third kappa shape index (κ3) is 4.32. The lowest BCUT2D eigenvalue weighted by molar-refractivity contribution is -0.698. The molecule has 170 valence electrons. The van der Waals surface area contributed by atoms with Crippen molar-refractivity contribution in [1.29, 1.82) is 0 Å². The highest BCUT2D eigenvalue weighted by Crippen LogP contribution is 2.38. The summed E-state index contributed by atoms with van der Waals surface area (Å²) in [7, 11) is 4.68. The molecule has 0 saturated heterocycles. The standard InChI is InChI=1S/C26H25ClNO5/c1-16-5-7-21-23(22(16)17-9-11-28(12-10-17)13-14-30-2)24(29)26(32-4)25(33-21)18-6-8-20(31-3)19(27)15-18/h5-12,15H,13-14H2,1-4H3/q+1. The summed E-state index contributed by atoms with van der Waals surface area (Å²) in [4.78, 5) is 13.7. The highest BCUT2D eigenvalue weighted by atomic mass is 35.5. The fourth-order valence-electron chi connectivity index (χ4n) is 3.90. The summed E-state index contributed by atoms with van der Waals surface area (Å²) < 4.78 is 24.2. The van der Waals surface area contributed by atoms with Gasteiger partial charge in [0.25, 0.3) is 0 Å². The molecule has 7 heteroatoms. The number of fused-ring (bicyclic) bond motifs is 1. The molecule has 0 unspecified atom stereocenters. The zero-order valence-corrected chi connectivity index (χ0v) is 19.7. The van der Waals surface area contributed by atoms with E-state index in [9.17, 15) is 4.79 Å². The maximum atomic E-state index is 13.7. The van der Waals surface area contributed by atoms with E-state index < -0.39 is 0 Å². The zero-order chi connectivity index (χ0) is 23.5. The van der Waals surface area contributed by atoms with Crippen molar-refractivity contribution >= 4 is 22.6 Å².